The van der Waals surface area contributed by atoms with Crippen LogP contribution in [0.5, 0.6) is 0 Å². The number of pyridine rings is 1. The molecular weight excluding hydrogens is 404 g/mol. The number of aromatic nitrogens is 1. The van der Waals surface area contributed by atoms with Gasteiger partial charge in [0.25, 0.3) is 0 Å². The lowest BCUT2D eigenvalue weighted by atomic mass is 9.95. The van der Waals surface area contributed by atoms with Gasteiger partial charge in [0.15, 0.2) is 0 Å². The summed E-state index contributed by atoms with van der Waals surface area (Å²) in [5.74, 6) is 0.321. The van der Waals surface area contributed by atoms with Gasteiger partial charge < -0.3 is 15.5 Å². The molecule has 10 heteroatoms. The van der Waals surface area contributed by atoms with Crippen LogP contribution in [0.4, 0.5) is 19.0 Å². The maximum Gasteiger partial charge on any atom is 0.417 e. The molecule has 1 atom stereocenters. The summed E-state index contributed by atoms with van der Waals surface area (Å²) in [6, 6.07) is 1.08. The Morgan fingerprint density at radius 3 is 2.56 bits per heavy atom. The third-order valence-corrected chi connectivity index (χ3v) is 5.24. The van der Waals surface area contributed by atoms with Crippen LogP contribution in [0.15, 0.2) is 12.3 Å². The van der Waals surface area contributed by atoms with Gasteiger partial charge >= 0.3 is 6.18 Å². The monoisotopic (exact) mass is 426 g/mol. The van der Waals surface area contributed by atoms with E-state index < -0.39 is 11.7 Å². The second kappa shape index (κ2) is 9.30. The van der Waals surface area contributed by atoms with Crippen molar-refractivity contribution >= 4 is 35.7 Å². The van der Waals surface area contributed by atoms with Crippen molar-refractivity contribution in [3.8, 4) is 0 Å². The predicted octanol–water partition coefficient (Wildman–Crippen LogP) is 3.26. The normalized spacial score (nSPS) is 21.5. The number of nitrogens with zero attached hydrogens (tertiary/aromatic N) is 2. The summed E-state index contributed by atoms with van der Waals surface area (Å²) in [6.07, 6.45) is -0.357. The van der Waals surface area contributed by atoms with Gasteiger partial charge in [-0.3, -0.25) is 4.79 Å². The standard InChI is InChI=1S/C17H22ClF3N4O.ClH/c18-14-8-12(17(19,20)21)9-23-15(14)25-6-3-11(4-7-25)16(26)24-13-2-1-5-22-10-13;/h8-9,11,13,22H,1-7,10H2,(H,24,26);1H. The Balaban J connectivity index is 0.00000261. The van der Waals surface area contributed by atoms with Crippen LogP contribution in [0.3, 0.4) is 0 Å². The number of anilines is 1. The summed E-state index contributed by atoms with van der Waals surface area (Å²) in [4.78, 5) is 18.1. The highest BCUT2D eigenvalue weighted by Crippen LogP contribution is 2.34. The number of nitrogens with one attached hydrogen (secondary N) is 2. The first-order valence-electron chi connectivity index (χ1n) is 8.83. The summed E-state index contributed by atoms with van der Waals surface area (Å²) < 4.78 is 38.1. The van der Waals surface area contributed by atoms with Crippen LogP contribution in [-0.2, 0) is 11.0 Å². The van der Waals surface area contributed by atoms with Crippen LogP contribution in [0, 0.1) is 5.92 Å². The van der Waals surface area contributed by atoms with Gasteiger partial charge in [-0.25, -0.2) is 4.98 Å². The van der Waals surface area contributed by atoms with E-state index in [1.165, 1.54) is 0 Å². The molecule has 1 aromatic rings. The number of alkyl halides is 3. The number of amides is 1. The highest BCUT2D eigenvalue weighted by molar-refractivity contribution is 6.33. The van der Waals surface area contributed by atoms with Gasteiger partial charge in [-0.05, 0) is 38.3 Å². The van der Waals surface area contributed by atoms with E-state index >= 15 is 0 Å². The van der Waals surface area contributed by atoms with Gasteiger partial charge in [-0.2, -0.15) is 13.2 Å². The summed E-state index contributed by atoms with van der Waals surface area (Å²) in [6.45, 7) is 2.87. The molecule has 27 heavy (non-hydrogen) atoms. The van der Waals surface area contributed by atoms with E-state index in [9.17, 15) is 18.0 Å². The Hall–Kier alpha value is -1.25. The molecule has 0 spiro atoms. The van der Waals surface area contributed by atoms with Crippen molar-refractivity contribution in [1.29, 1.82) is 0 Å². The third kappa shape index (κ3) is 5.62. The van der Waals surface area contributed by atoms with E-state index in [-0.39, 0.29) is 35.3 Å². The highest BCUT2D eigenvalue weighted by atomic mass is 35.5. The van der Waals surface area contributed by atoms with Gasteiger partial charge in [0.05, 0.1) is 10.6 Å². The molecule has 2 aliphatic rings. The molecule has 3 rings (SSSR count). The summed E-state index contributed by atoms with van der Waals surface area (Å²) in [5.41, 5.74) is -0.860. The molecule has 1 amide bonds. The Labute approximate surface area is 167 Å². The summed E-state index contributed by atoms with van der Waals surface area (Å²) in [5, 5.41) is 6.34. The van der Waals surface area contributed by atoms with Crippen LogP contribution in [-0.4, -0.2) is 43.1 Å². The molecule has 1 unspecified atom stereocenters. The molecule has 0 saturated carbocycles. The number of carbonyl (C=O) groups excluding carboxylic acids is 1. The molecule has 0 aliphatic carbocycles. The Bertz CT molecular complexity index is 646. The zero-order chi connectivity index (χ0) is 18.7. The zero-order valence-electron chi connectivity index (χ0n) is 14.7. The average Bonchev–Trinajstić information content (AvgIpc) is 2.62. The van der Waals surface area contributed by atoms with Crippen molar-refractivity contribution in [2.45, 2.75) is 37.9 Å². The van der Waals surface area contributed by atoms with Gasteiger partial charge in [0, 0.05) is 37.8 Å². The molecular formula is C17H23Cl2F3N4O. The average molecular weight is 427 g/mol. The van der Waals surface area contributed by atoms with E-state index in [0.29, 0.717) is 31.7 Å². The molecule has 1 aromatic heterocycles. The van der Waals surface area contributed by atoms with E-state index in [2.05, 4.69) is 15.6 Å². The SMILES string of the molecule is Cl.O=C(NC1CCCNC1)C1CCN(c2ncc(C(F)(F)F)cc2Cl)CC1. The molecule has 0 bridgehead atoms. The molecule has 2 N–H and O–H groups in total. The zero-order valence-corrected chi connectivity index (χ0v) is 16.3. The number of hydrogen-bond donors (Lipinski definition) is 2. The Kier molecular flexibility index (Phi) is 7.59. The molecule has 3 heterocycles. The van der Waals surface area contributed by atoms with E-state index in [4.69, 9.17) is 11.6 Å². The van der Waals surface area contributed by atoms with Crippen LogP contribution in [0.25, 0.3) is 0 Å². The topological polar surface area (TPSA) is 57.3 Å². The van der Waals surface area contributed by atoms with E-state index in [0.717, 1.165) is 38.2 Å². The lowest BCUT2D eigenvalue weighted by molar-refractivity contribution is -0.137. The van der Waals surface area contributed by atoms with Gasteiger partial charge in [-0.1, -0.05) is 11.6 Å². The van der Waals surface area contributed by atoms with Crippen molar-refractivity contribution in [3.05, 3.63) is 22.8 Å². The number of rotatable bonds is 3. The highest BCUT2D eigenvalue weighted by Gasteiger charge is 2.33. The van der Waals surface area contributed by atoms with Crippen LogP contribution in [0.2, 0.25) is 5.02 Å². The molecule has 2 fully saturated rings. The first-order chi connectivity index (χ1) is 12.3. The minimum Gasteiger partial charge on any atom is -0.355 e. The third-order valence-electron chi connectivity index (χ3n) is 4.96. The minimum absolute atomic E-state index is 0. The van der Waals surface area contributed by atoms with Crippen LogP contribution < -0.4 is 15.5 Å². The number of carbonyl (C=O) groups is 1. The van der Waals surface area contributed by atoms with Gasteiger partial charge in [0.2, 0.25) is 5.91 Å². The van der Waals surface area contributed by atoms with Gasteiger partial charge in [0.1, 0.15) is 5.82 Å². The van der Waals surface area contributed by atoms with Crippen molar-refractivity contribution < 1.29 is 18.0 Å². The molecule has 2 aliphatic heterocycles. The lowest BCUT2D eigenvalue weighted by Gasteiger charge is -2.34. The van der Waals surface area contributed by atoms with Crippen LogP contribution >= 0.6 is 24.0 Å². The molecule has 2 saturated heterocycles. The molecule has 0 aromatic carbocycles. The number of hydrogen-bond acceptors (Lipinski definition) is 4. The van der Waals surface area contributed by atoms with E-state index in [1.807, 2.05) is 4.90 Å². The minimum atomic E-state index is -4.46. The maximum absolute atomic E-state index is 12.7. The lowest BCUT2D eigenvalue weighted by Crippen LogP contribution is -2.49. The fourth-order valence-corrected chi connectivity index (χ4v) is 3.75. The van der Waals surface area contributed by atoms with Crippen LogP contribution in [0.1, 0.15) is 31.2 Å². The number of piperidine rings is 2. The van der Waals surface area contributed by atoms with Crippen molar-refractivity contribution in [1.82, 2.24) is 15.6 Å². The smallest absolute Gasteiger partial charge is 0.355 e. The maximum atomic E-state index is 12.7. The summed E-state index contributed by atoms with van der Waals surface area (Å²) in [7, 11) is 0. The molecule has 0 radical (unpaired) electrons. The quantitative estimate of drug-likeness (QED) is 0.778. The van der Waals surface area contributed by atoms with Crippen molar-refractivity contribution in [3.63, 3.8) is 0 Å². The molecule has 5 nitrogen and oxygen atoms in total. The largest absolute Gasteiger partial charge is 0.417 e. The first kappa shape index (κ1) is 22.0. The fraction of sp³-hybridized carbons (Fsp3) is 0.647. The van der Waals surface area contributed by atoms with E-state index in [1.54, 1.807) is 0 Å². The summed E-state index contributed by atoms with van der Waals surface area (Å²) >= 11 is 6.01. The Morgan fingerprint density at radius 1 is 1.30 bits per heavy atom. The van der Waals surface area contributed by atoms with Gasteiger partial charge in [-0.15, -0.1) is 12.4 Å². The fourth-order valence-electron chi connectivity index (χ4n) is 3.47. The second-order valence-electron chi connectivity index (χ2n) is 6.84. The number of halogens is 5. The van der Waals surface area contributed by atoms with Crippen molar-refractivity contribution in [2.24, 2.45) is 5.92 Å². The first-order valence-corrected chi connectivity index (χ1v) is 9.21. The molecule has 152 valence electrons. The predicted molar refractivity (Wildman–Crippen MR) is 100 cm³/mol. The van der Waals surface area contributed by atoms with Crippen molar-refractivity contribution in [2.75, 3.05) is 31.1 Å². The second-order valence-corrected chi connectivity index (χ2v) is 7.25. The Morgan fingerprint density at radius 2 is 2.00 bits per heavy atom.